The van der Waals surface area contributed by atoms with Crippen LogP contribution in [0.3, 0.4) is 0 Å². The Bertz CT molecular complexity index is 230. The molecule has 13 heavy (non-hydrogen) atoms. The Labute approximate surface area is 76.9 Å². The molecule has 4 nitrogen and oxygen atoms in total. The number of carboxylic acid groups (broad SMARTS) is 2. The highest BCUT2D eigenvalue weighted by atomic mass is 16.4. The van der Waals surface area contributed by atoms with Crippen molar-refractivity contribution >= 4 is 11.9 Å². The summed E-state index contributed by atoms with van der Waals surface area (Å²) in [5.74, 6) is -2.57. The van der Waals surface area contributed by atoms with E-state index >= 15 is 0 Å². The standard InChI is InChI=1S/C9H14O4/c1-3-4-6(2)7(9(12)13)5-8(10)11/h5-6H,3-4H2,1-2H3,(H,10,11)(H,12,13)/b7-5+. The molecule has 0 aromatic carbocycles. The van der Waals surface area contributed by atoms with Crippen LogP contribution in [0, 0.1) is 5.92 Å². The van der Waals surface area contributed by atoms with Gasteiger partial charge in [-0.25, -0.2) is 9.59 Å². The van der Waals surface area contributed by atoms with Gasteiger partial charge in [0, 0.05) is 11.6 Å². The van der Waals surface area contributed by atoms with E-state index in [2.05, 4.69) is 0 Å². The molecule has 1 unspecified atom stereocenters. The van der Waals surface area contributed by atoms with E-state index in [0.29, 0.717) is 6.42 Å². The maximum Gasteiger partial charge on any atom is 0.332 e. The fourth-order valence-corrected chi connectivity index (χ4v) is 1.14. The fraction of sp³-hybridized carbons (Fsp3) is 0.556. The normalized spacial score (nSPS) is 13.8. The smallest absolute Gasteiger partial charge is 0.332 e. The first-order valence-corrected chi connectivity index (χ1v) is 4.16. The van der Waals surface area contributed by atoms with Crippen LogP contribution in [0.1, 0.15) is 26.7 Å². The quantitative estimate of drug-likeness (QED) is 0.638. The average molecular weight is 186 g/mol. The van der Waals surface area contributed by atoms with Gasteiger partial charge in [-0.1, -0.05) is 20.3 Å². The predicted octanol–water partition coefficient (Wildman–Crippen LogP) is 1.52. The molecule has 4 heteroatoms. The molecule has 0 aromatic rings. The van der Waals surface area contributed by atoms with Crippen LogP contribution < -0.4 is 0 Å². The summed E-state index contributed by atoms with van der Waals surface area (Å²) < 4.78 is 0. The van der Waals surface area contributed by atoms with Gasteiger partial charge in [0.05, 0.1) is 0 Å². The lowest BCUT2D eigenvalue weighted by atomic mass is 9.96. The van der Waals surface area contributed by atoms with E-state index in [1.807, 2.05) is 6.92 Å². The Kier molecular flexibility index (Phi) is 4.80. The van der Waals surface area contributed by atoms with Crippen molar-refractivity contribution < 1.29 is 19.8 Å². The van der Waals surface area contributed by atoms with Crippen molar-refractivity contribution in [3.05, 3.63) is 11.6 Å². The third-order valence-electron chi connectivity index (χ3n) is 1.78. The first-order valence-electron chi connectivity index (χ1n) is 4.16. The minimum Gasteiger partial charge on any atom is -0.478 e. The van der Waals surface area contributed by atoms with Gasteiger partial charge in [-0.05, 0) is 12.3 Å². The van der Waals surface area contributed by atoms with Crippen LogP contribution >= 0.6 is 0 Å². The zero-order chi connectivity index (χ0) is 10.4. The molecule has 1 atom stereocenters. The summed E-state index contributed by atoms with van der Waals surface area (Å²) >= 11 is 0. The molecule has 2 N–H and O–H groups in total. The van der Waals surface area contributed by atoms with Crippen molar-refractivity contribution in [2.45, 2.75) is 26.7 Å². The Balaban J connectivity index is 4.60. The average Bonchev–Trinajstić information content (AvgIpc) is 1.99. The Morgan fingerprint density at radius 1 is 1.38 bits per heavy atom. The fourth-order valence-electron chi connectivity index (χ4n) is 1.14. The first kappa shape index (κ1) is 11.7. The highest BCUT2D eigenvalue weighted by Crippen LogP contribution is 2.16. The third-order valence-corrected chi connectivity index (χ3v) is 1.78. The molecule has 0 saturated heterocycles. The van der Waals surface area contributed by atoms with Crippen LogP contribution in [0.25, 0.3) is 0 Å². The van der Waals surface area contributed by atoms with E-state index in [0.717, 1.165) is 12.5 Å². The molecule has 0 saturated carbocycles. The molecule has 0 aliphatic rings. The Morgan fingerprint density at radius 2 is 1.92 bits per heavy atom. The molecule has 0 fully saturated rings. The monoisotopic (exact) mass is 186 g/mol. The van der Waals surface area contributed by atoms with E-state index in [-0.39, 0.29) is 11.5 Å². The summed E-state index contributed by atoms with van der Waals surface area (Å²) in [4.78, 5) is 20.9. The molecule has 0 heterocycles. The van der Waals surface area contributed by atoms with Gasteiger partial charge in [-0.3, -0.25) is 0 Å². The molecule has 0 aliphatic carbocycles. The molecule has 0 spiro atoms. The molecule has 0 aromatic heterocycles. The number of carbonyl (C=O) groups is 2. The SMILES string of the molecule is CCCC(C)/C(=C\C(=O)O)C(=O)O. The second kappa shape index (κ2) is 5.35. The van der Waals surface area contributed by atoms with Gasteiger partial charge in [0.25, 0.3) is 0 Å². The van der Waals surface area contributed by atoms with Crippen LogP contribution in [-0.4, -0.2) is 22.2 Å². The number of carboxylic acids is 2. The molecular formula is C9H14O4. The van der Waals surface area contributed by atoms with Crippen molar-refractivity contribution in [3.8, 4) is 0 Å². The maximum atomic E-state index is 10.6. The number of hydrogen-bond donors (Lipinski definition) is 2. The van der Waals surface area contributed by atoms with Gasteiger partial charge in [-0.15, -0.1) is 0 Å². The van der Waals surface area contributed by atoms with Crippen molar-refractivity contribution in [1.29, 1.82) is 0 Å². The minimum absolute atomic E-state index is 0.0330. The zero-order valence-electron chi connectivity index (χ0n) is 7.78. The topological polar surface area (TPSA) is 74.6 Å². The molecule has 0 amide bonds. The summed E-state index contributed by atoms with van der Waals surface area (Å²) in [6.45, 7) is 3.64. The van der Waals surface area contributed by atoms with Crippen molar-refractivity contribution in [2.24, 2.45) is 5.92 Å². The lowest BCUT2D eigenvalue weighted by Crippen LogP contribution is -2.11. The predicted molar refractivity (Wildman–Crippen MR) is 47.4 cm³/mol. The summed E-state index contributed by atoms with van der Waals surface area (Å²) in [6.07, 6.45) is 2.29. The van der Waals surface area contributed by atoms with E-state index in [1.54, 1.807) is 6.92 Å². The molecule has 0 radical (unpaired) electrons. The number of aliphatic carboxylic acids is 2. The van der Waals surface area contributed by atoms with E-state index < -0.39 is 11.9 Å². The van der Waals surface area contributed by atoms with E-state index in [9.17, 15) is 9.59 Å². The van der Waals surface area contributed by atoms with Gasteiger partial charge in [-0.2, -0.15) is 0 Å². The van der Waals surface area contributed by atoms with Crippen LogP contribution in [0.4, 0.5) is 0 Å². The summed E-state index contributed by atoms with van der Waals surface area (Å²) in [7, 11) is 0. The van der Waals surface area contributed by atoms with Gasteiger partial charge in [0.15, 0.2) is 0 Å². The molecule has 0 rings (SSSR count). The molecular weight excluding hydrogens is 172 g/mol. The van der Waals surface area contributed by atoms with E-state index in [4.69, 9.17) is 10.2 Å². The second-order valence-corrected chi connectivity index (χ2v) is 2.93. The maximum absolute atomic E-state index is 10.6. The summed E-state index contributed by atoms with van der Waals surface area (Å²) in [5.41, 5.74) is -0.0330. The minimum atomic E-state index is -1.21. The largest absolute Gasteiger partial charge is 0.478 e. The highest BCUT2D eigenvalue weighted by Gasteiger charge is 2.16. The van der Waals surface area contributed by atoms with Crippen LogP contribution in [-0.2, 0) is 9.59 Å². The van der Waals surface area contributed by atoms with Gasteiger partial charge in [0.1, 0.15) is 0 Å². The first-order chi connectivity index (χ1) is 5.99. The number of hydrogen-bond acceptors (Lipinski definition) is 2. The Morgan fingerprint density at radius 3 is 2.23 bits per heavy atom. The zero-order valence-corrected chi connectivity index (χ0v) is 7.78. The third kappa shape index (κ3) is 4.30. The lowest BCUT2D eigenvalue weighted by Gasteiger charge is -2.09. The highest BCUT2D eigenvalue weighted by molar-refractivity contribution is 5.94. The van der Waals surface area contributed by atoms with Crippen LogP contribution in [0.5, 0.6) is 0 Å². The van der Waals surface area contributed by atoms with Gasteiger partial charge in [0.2, 0.25) is 0 Å². The second-order valence-electron chi connectivity index (χ2n) is 2.93. The van der Waals surface area contributed by atoms with Crippen molar-refractivity contribution in [1.82, 2.24) is 0 Å². The Hall–Kier alpha value is -1.32. The van der Waals surface area contributed by atoms with Crippen LogP contribution in [0.2, 0.25) is 0 Å². The lowest BCUT2D eigenvalue weighted by molar-refractivity contribution is -0.135. The summed E-state index contributed by atoms with van der Waals surface area (Å²) in [6, 6.07) is 0. The van der Waals surface area contributed by atoms with Crippen molar-refractivity contribution in [3.63, 3.8) is 0 Å². The van der Waals surface area contributed by atoms with Gasteiger partial charge < -0.3 is 10.2 Å². The molecule has 0 aliphatic heterocycles. The van der Waals surface area contributed by atoms with Gasteiger partial charge >= 0.3 is 11.9 Å². The molecule has 74 valence electrons. The summed E-state index contributed by atoms with van der Waals surface area (Å²) in [5, 5.41) is 17.1. The van der Waals surface area contributed by atoms with E-state index in [1.165, 1.54) is 0 Å². The molecule has 0 bridgehead atoms. The number of rotatable bonds is 5. The van der Waals surface area contributed by atoms with Crippen LogP contribution in [0.15, 0.2) is 11.6 Å². The van der Waals surface area contributed by atoms with Crippen molar-refractivity contribution in [2.75, 3.05) is 0 Å².